The molecule has 1 amide bonds. The van der Waals surface area contributed by atoms with Gasteiger partial charge in [0.25, 0.3) is 5.56 Å². The third-order valence-electron chi connectivity index (χ3n) is 4.51. The maximum Gasteiger partial charge on any atom is 0.262 e. The predicted octanol–water partition coefficient (Wildman–Crippen LogP) is 2.52. The zero-order chi connectivity index (χ0) is 18.0. The average Bonchev–Trinajstić information content (AvgIpc) is 2.53. The number of benzene rings is 1. The summed E-state index contributed by atoms with van der Waals surface area (Å²) in [6, 6.07) is 7.34. The largest absolute Gasteiger partial charge is 0.375 e. The summed E-state index contributed by atoms with van der Waals surface area (Å²) in [6.45, 7) is 4.96. The Hall–Kier alpha value is -1.99. The van der Waals surface area contributed by atoms with Crippen molar-refractivity contribution in [3.8, 4) is 0 Å². The molecule has 0 saturated carbocycles. The van der Waals surface area contributed by atoms with Gasteiger partial charge in [0.05, 0.1) is 16.5 Å². The Bertz CT molecular complexity index is 900. The van der Waals surface area contributed by atoms with E-state index < -0.39 is 0 Å². The average molecular weight is 361 g/mol. The van der Waals surface area contributed by atoms with Crippen LogP contribution >= 0.6 is 12.2 Å². The Labute approximate surface area is 151 Å². The lowest BCUT2D eigenvalue weighted by atomic mass is 9.94. The number of fused-ring (bicyclic) bond motifs is 1. The summed E-state index contributed by atoms with van der Waals surface area (Å²) in [5, 5.41) is 3.61. The highest BCUT2D eigenvalue weighted by Gasteiger charge is 2.29. The SMILES string of the molecule is CC1(C)C[C@@H](NC(=O)CCn2c(=S)[nH]c3ccccc3c2=O)CCO1. The first kappa shape index (κ1) is 17.8. The van der Waals surface area contributed by atoms with Crippen LogP contribution in [0.3, 0.4) is 0 Å². The topological polar surface area (TPSA) is 76.1 Å². The quantitative estimate of drug-likeness (QED) is 0.821. The van der Waals surface area contributed by atoms with Gasteiger partial charge in [-0.25, -0.2) is 0 Å². The van der Waals surface area contributed by atoms with Gasteiger partial charge >= 0.3 is 0 Å². The Balaban J connectivity index is 1.67. The van der Waals surface area contributed by atoms with Crippen molar-refractivity contribution in [1.82, 2.24) is 14.9 Å². The van der Waals surface area contributed by atoms with Gasteiger partial charge < -0.3 is 15.0 Å². The molecule has 1 aromatic carbocycles. The molecule has 0 spiro atoms. The van der Waals surface area contributed by atoms with Crippen LogP contribution in [0.4, 0.5) is 0 Å². The van der Waals surface area contributed by atoms with Gasteiger partial charge in [0.15, 0.2) is 4.77 Å². The van der Waals surface area contributed by atoms with Crippen LogP contribution in [0.15, 0.2) is 29.1 Å². The van der Waals surface area contributed by atoms with Gasteiger partial charge in [-0.3, -0.25) is 14.2 Å². The first-order chi connectivity index (χ1) is 11.9. The van der Waals surface area contributed by atoms with Gasteiger partial charge in [-0.2, -0.15) is 0 Å². The molecule has 1 aliphatic rings. The lowest BCUT2D eigenvalue weighted by Crippen LogP contribution is -2.46. The summed E-state index contributed by atoms with van der Waals surface area (Å²) in [7, 11) is 0. The number of para-hydroxylation sites is 1. The molecule has 0 unspecified atom stereocenters. The highest BCUT2D eigenvalue weighted by Crippen LogP contribution is 2.23. The highest BCUT2D eigenvalue weighted by molar-refractivity contribution is 7.71. The van der Waals surface area contributed by atoms with Crippen LogP contribution in [0.1, 0.15) is 33.1 Å². The van der Waals surface area contributed by atoms with Gasteiger partial charge in [-0.1, -0.05) is 12.1 Å². The summed E-state index contributed by atoms with van der Waals surface area (Å²) >= 11 is 5.27. The molecule has 2 heterocycles. The van der Waals surface area contributed by atoms with E-state index in [1.165, 1.54) is 4.57 Å². The normalized spacial score (nSPS) is 19.7. The van der Waals surface area contributed by atoms with Crippen molar-refractivity contribution in [2.45, 2.75) is 51.3 Å². The number of amides is 1. The molecular formula is C18H23N3O3S. The molecule has 134 valence electrons. The van der Waals surface area contributed by atoms with Crippen molar-refractivity contribution in [2.24, 2.45) is 0 Å². The molecule has 1 aliphatic heterocycles. The van der Waals surface area contributed by atoms with Crippen molar-refractivity contribution in [1.29, 1.82) is 0 Å². The second kappa shape index (κ2) is 7.09. The monoisotopic (exact) mass is 361 g/mol. The number of hydrogen-bond acceptors (Lipinski definition) is 4. The number of nitrogens with zero attached hydrogens (tertiary/aromatic N) is 1. The number of hydrogen-bond donors (Lipinski definition) is 2. The Morgan fingerprint density at radius 3 is 2.96 bits per heavy atom. The van der Waals surface area contributed by atoms with Gasteiger partial charge in [0.1, 0.15) is 0 Å². The Kier molecular flexibility index (Phi) is 5.06. The minimum atomic E-state index is -0.214. The molecule has 1 atom stereocenters. The molecule has 1 aromatic heterocycles. The number of H-pyrrole nitrogens is 1. The van der Waals surface area contributed by atoms with Crippen molar-refractivity contribution in [3.63, 3.8) is 0 Å². The summed E-state index contributed by atoms with van der Waals surface area (Å²) in [6.07, 6.45) is 1.81. The summed E-state index contributed by atoms with van der Waals surface area (Å²) in [5.74, 6) is -0.0721. The van der Waals surface area contributed by atoms with E-state index in [1.54, 1.807) is 6.07 Å². The van der Waals surface area contributed by atoms with E-state index in [9.17, 15) is 9.59 Å². The number of ether oxygens (including phenoxy) is 1. The van der Waals surface area contributed by atoms with Crippen LogP contribution in [0.25, 0.3) is 10.9 Å². The van der Waals surface area contributed by atoms with Crippen LogP contribution in [-0.4, -0.2) is 33.7 Å². The molecule has 2 N–H and O–H groups in total. The molecule has 25 heavy (non-hydrogen) atoms. The third kappa shape index (κ3) is 4.16. The minimum absolute atomic E-state index is 0.0721. The minimum Gasteiger partial charge on any atom is -0.375 e. The first-order valence-electron chi connectivity index (χ1n) is 8.51. The van der Waals surface area contributed by atoms with Gasteiger partial charge in [0.2, 0.25) is 5.91 Å². The van der Waals surface area contributed by atoms with Crippen LogP contribution in [0.2, 0.25) is 0 Å². The van der Waals surface area contributed by atoms with Crippen LogP contribution in [0, 0.1) is 4.77 Å². The van der Waals surface area contributed by atoms with Crippen LogP contribution in [0.5, 0.6) is 0 Å². The fourth-order valence-corrected chi connectivity index (χ4v) is 3.55. The molecule has 0 aliphatic carbocycles. The number of aromatic amines is 1. The van der Waals surface area contributed by atoms with E-state index >= 15 is 0 Å². The smallest absolute Gasteiger partial charge is 0.262 e. The summed E-state index contributed by atoms with van der Waals surface area (Å²) in [5.41, 5.74) is 0.329. The van der Waals surface area contributed by atoms with E-state index in [4.69, 9.17) is 17.0 Å². The predicted molar refractivity (Wildman–Crippen MR) is 99.2 cm³/mol. The molecule has 6 nitrogen and oxygen atoms in total. The molecule has 7 heteroatoms. The van der Waals surface area contributed by atoms with E-state index in [-0.39, 0.29) is 36.1 Å². The van der Waals surface area contributed by atoms with Crippen molar-refractivity contribution >= 4 is 29.0 Å². The van der Waals surface area contributed by atoms with E-state index in [0.717, 1.165) is 12.8 Å². The van der Waals surface area contributed by atoms with Crippen LogP contribution < -0.4 is 10.9 Å². The van der Waals surface area contributed by atoms with E-state index in [2.05, 4.69) is 10.3 Å². The molecular weight excluding hydrogens is 338 g/mol. The van der Waals surface area contributed by atoms with Crippen molar-refractivity contribution in [3.05, 3.63) is 39.4 Å². The van der Waals surface area contributed by atoms with Gasteiger partial charge in [0, 0.05) is 25.6 Å². The number of aromatic nitrogens is 2. The Morgan fingerprint density at radius 2 is 2.20 bits per heavy atom. The lowest BCUT2D eigenvalue weighted by Gasteiger charge is -2.35. The molecule has 1 saturated heterocycles. The molecule has 3 rings (SSSR count). The molecule has 0 radical (unpaired) electrons. The maximum absolute atomic E-state index is 12.6. The molecule has 1 fully saturated rings. The van der Waals surface area contributed by atoms with Crippen molar-refractivity contribution in [2.75, 3.05) is 6.61 Å². The fourth-order valence-electron chi connectivity index (χ4n) is 3.27. The van der Waals surface area contributed by atoms with Gasteiger partial charge in [-0.05, 0) is 51.0 Å². The fraction of sp³-hybridized carbons (Fsp3) is 0.500. The molecule has 0 bridgehead atoms. The zero-order valence-electron chi connectivity index (χ0n) is 14.5. The van der Waals surface area contributed by atoms with Gasteiger partial charge in [-0.15, -0.1) is 0 Å². The second-order valence-corrected chi connectivity index (χ2v) is 7.43. The lowest BCUT2D eigenvalue weighted by molar-refractivity contribution is -0.124. The standard InChI is InChI=1S/C18H23N3O3S/c1-18(2)11-12(8-10-24-18)19-15(22)7-9-21-16(23)13-5-3-4-6-14(13)20-17(21)25/h3-6,12H,7-11H2,1-2H3,(H,19,22)(H,20,25)/t12-/m0/s1. The number of carbonyl (C=O) groups excluding carboxylic acids is 1. The first-order valence-corrected chi connectivity index (χ1v) is 8.92. The van der Waals surface area contributed by atoms with Crippen LogP contribution in [-0.2, 0) is 16.1 Å². The third-order valence-corrected chi connectivity index (χ3v) is 4.84. The van der Waals surface area contributed by atoms with E-state index in [0.29, 0.717) is 22.3 Å². The zero-order valence-corrected chi connectivity index (χ0v) is 15.3. The summed E-state index contributed by atoms with van der Waals surface area (Å²) in [4.78, 5) is 27.9. The molecule has 2 aromatic rings. The number of nitrogens with one attached hydrogen (secondary N) is 2. The van der Waals surface area contributed by atoms with E-state index in [1.807, 2.05) is 32.0 Å². The highest BCUT2D eigenvalue weighted by atomic mass is 32.1. The van der Waals surface area contributed by atoms with Crippen molar-refractivity contribution < 1.29 is 9.53 Å². The maximum atomic E-state index is 12.6. The summed E-state index contributed by atoms with van der Waals surface area (Å²) < 4.78 is 7.45. The Morgan fingerprint density at radius 1 is 1.44 bits per heavy atom. The number of rotatable bonds is 4. The number of carbonyl (C=O) groups is 1. The second-order valence-electron chi connectivity index (χ2n) is 7.05.